The minimum absolute atomic E-state index is 0.0890. The highest BCUT2D eigenvalue weighted by Crippen LogP contribution is 2.24. The van der Waals surface area contributed by atoms with Crippen molar-refractivity contribution in [2.24, 2.45) is 0 Å². The van der Waals surface area contributed by atoms with E-state index < -0.39 is 5.60 Å². The van der Waals surface area contributed by atoms with Gasteiger partial charge in [0.05, 0.1) is 20.3 Å². The van der Waals surface area contributed by atoms with E-state index in [1.165, 1.54) is 0 Å². The van der Waals surface area contributed by atoms with Gasteiger partial charge in [-0.15, -0.1) is 0 Å². The number of methoxy groups -OCH3 is 1. The molecule has 0 saturated carbocycles. The molecule has 9 nitrogen and oxygen atoms in total. The summed E-state index contributed by atoms with van der Waals surface area (Å²) in [5, 5.41) is 3.01. The number of carbonyl (C=O) groups is 1. The fraction of sp³-hybridized carbons (Fsp3) is 0.519. The predicted molar refractivity (Wildman–Crippen MR) is 142 cm³/mol. The van der Waals surface area contributed by atoms with Crippen molar-refractivity contribution in [3.8, 4) is 5.75 Å². The van der Waals surface area contributed by atoms with Crippen molar-refractivity contribution in [3.05, 3.63) is 41.7 Å². The SMILES string of the molecule is COc1ccc(C=Cc2nc(N3CCOCC3)cc(N3CCC(NC(=O)OC(C)(C)C)CC3)n2)cc1. The Morgan fingerprint density at radius 1 is 1.00 bits per heavy atom. The van der Waals surface area contributed by atoms with Crippen molar-refractivity contribution >= 4 is 29.9 Å². The average molecular weight is 496 g/mol. The highest BCUT2D eigenvalue weighted by atomic mass is 16.6. The molecule has 3 heterocycles. The smallest absolute Gasteiger partial charge is 0.407 e. The van der Waals surface area contributed by atoms with Gasteiger partial charge in [-0.2, -0.15) is 0 Å². The normalized spacial score (nSPS) is 17.3. The maximum absolute atomic E-state index is 12.2. The fourth-order valence-corrected chi connectivity index (χ4v) is 4.24. The molecule has 0 aliphatic carbocycles. The molecular weight excluding hydrogens is 458 g/mol. The maximum atomic E-state index is 12.2. The van der Waals surface area contributed by atoms with Gasteiger partial charge in [0.15, 0.2) is 5.82 Å². The van der Waals surface area contributed by atoms with Gasteiger partial charge in [0.25, 0.3) is 0 Å². The summed E-state index contributed by atoms with van der Waals surface area (Å²) in [4.78, 5) is 26.4. The molecule has 0 spiro atoms. The zero-order chi connectivity index (χ0) is 25.5. The van der Waals surface area contributed by atoms with Crippen LogP contribution in [0.2, 0.25) is 0 Å². The van der Waals surface area contributed by atoms with Crippen LogP contribution in [0, 0.1) is 0 Å². The largest absolute Gasteiger partial charge is 0.497 e. The molecule has 0 bridgehead atoms. The average Bonchev–Trinajstić information content (AvgIpc) is 2.87. The van der Waals surface area contributed by atoms with Gasteiger partial charge in [0, 0.05) is 38.3 Å². The molecular formula is C27H37N5O4. The quantitative estimate of drug-likeness (QED) is 0.644. The number of piperidine rings is 1. The number of benzene rings is 1. The summed E-state index contributed by atoms with van der Waals surface area (Å²) >= 11 is 0. The molecule has 4 rings (SSSR count). The lowest BCUT2D eigenvalue weighted by atomic mass is 10.1. The molecule has 2 aromatic rings. The molecule has 0 unspecified atom stereocenters. The first kappa shape index (κ1) is 25.8. The van der Waals surface area contributed by atoms with E-state index in [0.29, 0.717) is 19.0 Å². The van der Waals surface area contributed by atoms with E-state index in [4.69, 9.17) is 24.2 Å². The summed E-state index contributed by atoms with van der Waals surface area (Å²) in [5.41, 5.74) is 0.545. The molecule has 0 atom stereocenters. The molecule has 2 saturated heterocycles. The molecule has 1 aromatic carbocycles. The fourth-order valence-electron chi connectivity index (χ4n) is 4.24. The molecule has 2 aliphatic rings. The van der Waals surface area contributed by atoms with Gasteiger partial charge < -0.3 is 29.3 Å². The number of nitrogens with zero attached hydrogens (tertiary/aromatic N) is 4. The first-order chi connectivity index (χ1) is 17.3. The molecule has 1 N–H and O–H groups in total. The van der Waals surface area contributed by atoms with E-state index >= 15 is 0 Å². The molecule has 36 heavy (non-hydrogen) atoms. The van der Waals surface area contributed by atoms with Crippen LogP contribution in [0.4, 0.5) is 16.4 Å². The predicted octanol–water partition coefficient (Wildman–Crippen LogP) is 3.99. The number of alkyl carbamates (subject to hydrolysis) is 1. The van der Waals surface area contributed by atoms with Crippen LogP contribution in [0.25, 0.3) is 12.2 Å². The highest BCUT2D eigenvalue weighted by Gasteiger charge is 2.25. The Labute approximate surface area is 213 Å². The van der Waals surface area contributed by atoms with E-state index in [2.05, 4.69) is 21.2 Å². The molecule has 2 fully saturated rings. The number of morpholine rings is 1. The van der Waals surface area contributed by atoms with E-state index in [0.717, 1.165) is 62.0 Å². The Bertz CT molecular complexity index is 1040. The minimum atomic E-state index is -0.503. The van der Waals surface area contributed by atoms with Gasteiger partial charge in [-0.1, -0.05) is 18.2 Å². The zero-order valence-electron chi connectivity index (χ0n) is 21.7. The first-order valence-corrected chi connectivity index (χ1v) is 12.6. The summed E-state index contributed by atoms with van der Waals surface area (Å²) in [5.74, 6) is 3.30. The van der Waals surface area contributed by atoms with Crippen LogP contribution in [0.1, 0.15) is 45.0 Å². The van der Waals surface area contributed by atoms with Crippen molar-refractivity contribution < 1.29 is 19.0 Å². The summed E-state index contributed by atoms with van der Waals surface area (Å²) in [6.07, 6.45) is 5.26. The Hall–Kier alpha value is -3.33. The molecule has 1 amide bonds. The number of carbonyl (C=O) groups excluding carboxylic acids is 1. The second-order valence-electron chi connectivity index (χ2n) is 10.1. The third-order valence-electron chi connectivity index (χ3n) is 6.13. The summed E-state index contributed by atoms with van der Waals surface area (Å²) in [6.45, 7) is 10.2. The first-order valence-electron chi connectivity index (χ1n) is 12.6. The monoisotopic (exact) mass is 495 g/mol. The molecule has 9 heteroatoms. The van der Waals surface area contributed by atoms with Crippen molar-refractivity contribution in [1.29, 1.82) is 0 Å². The lowest BCUT2D eigenvalue weighted by molar-refractivity contribution is 0.0497. The van der Waals surface area contributed by atoms with Crippen LogP contribution in [0.3, 0.4) is 0 Å². The van der Waals surface area contributed by atoms with Gasteiger partial charge in [0.2, 0.25) is 0 Å². The molecule has 0 radical (unpaired) electrons. The molecule has 1 aromatic heterocycles. The summed E-state index contributed by atoms with van der Waals surface area (Å²) in [7, 11) is 1.66. The third-order valence-corrected chi connectivity index (χ3v) is 6.13. The Balaban J connectivity index is 1.47. The summed E-state index contributed by atoms with van der Waals surface area (Å²) < 4.78 is 16.2. The number of hydrogen-bond donors (Lipinski definition) is 1. The number of amides is 1. The zero-order valence-corrected chi connectivity index (χ0v) is 21.7. The van der Waals surface area contributed by atoms with Gasteiger partial charge in [-0.25, -0.2) is 14.8 Å². The standard InChI is InChI=1S/C27H37N5O4/c1-27(2,3)36-26(33)28-21-11-13-31(14-12-21)24-19-25(32-15-17-35-18-16-32)30-23(29-24)10-7-20-5-8-22(34-4)9-6-20/h5-10,19,21H,11-18H2,1-4H3,(H,28,33). The number of nitrogens with one attached hydrogen (secondary N) is 1. The number of hydrogen-bond acceptors (Lipinski definition) is 8. The number of ether oxygens (including phenoxy) is 3. The van der Waals surface area contributed by atoms with Crippen LogP contribution in [0.5, 0.6) is 5.75 Å². The Morgan fingerprint density at radius 3 is 2.19 bits per heavy atom. The Kier molecular flexibility index (Phi) is 8.30. The van der Waals surface area contributed by atoms with Crippen LogP contribution in [-0.4, -0.2) is 74.2 Å². The number of anilines is 2. The van der Waals surface area contributed by atoms with E-state index in [-0.39, 0.29) is 12.1 Å². The second kappa shape index (κ2) is 11.6. The van der Waals surface area contributed by atoms with Crippen LogP contribution in [-0.2, 0) is 9.47 Å². The lowest BCUT2D eigenvalue weighted by Crippen LogP contribution is -2.46. The van der Waals surface area contributed by atoms with E-state index in [1.807, 2.05) is 57.2 Å². The van der Waals surface area contributed by atoms with Gasteiger partial charge in [0.1, 0.15) is 23.0 Å². The number of rotatable bonds is 6. The Morgan fingerprint density at radius 2 is 1.61 bits per heavy atom. The number of aromatic nitrogens is 2. The van der Waals surface area contributed by atoms with Gasteiger partial charge in [-0.3, -0.25) is 0 Å². The molecule has 194 valence electrons. The topological polar surface area (TPSA) is 89.1 Å². The van der Waals surface area contributed by atoms with Crippen molar-refractivity contribution in [3.63, 3.8) is 0 Å². The maximum Gasteiger partial charge on any atom is 0.407 e. The van der Waals surface area contributed by atoms with Crippen molar-refractivity contribution in [2.75, 3.05) is 56.3 Å². The van der Waals surface area contributed by atoms with E-state index in [9.17, 15) is 4.79 Å². The third kappa shape index (κ3) is 7.34. The second-order valence-corrected chi connectivity index (χ2v) is 10.1. The minimum Gasteiger partial charge on any atom is -0.497 e. The highest BCUT2D eigenvalue weighted by molar-refractivity contribution is 5.69. The van der Waals surface area contributed by atoms with Crippen LogP contribution < -0.4 is 19.9 Å². The molecule has 2 aliphatic heterocycles. The van der Waals surface area contributed by atoms with Crippen LogP contribution >= 0.6 is 0 Å². The van der Waals surface area contributed by atoms with Crippen molar-refractivity contribution in [1.82, 2.24) is 15.3 Å². The van der Waals surface area contributed by atoms with Gasteiger partial charge >= 0.3 is 6.09 Å². The van der Waals surface area contributed by atoms with Gasteiger partial charge in [-0.05, 0) is 57.4 Å². The van der Waals surface area contributed by atoms with Crippen molar-refractivity contribution in [2.45, 2.75) is 45.3 Å². The van der Waals surface area contributed by atoms with E-state index in [1.54, 1.807) is 7.11 Å². The summed E-state index contributed by atoms with van der Waals surface area (Å²) in [6, 6.07) is 10.0. The lowest BCUT2D eigenvalue weighted by Gasteiger charge is -2.34. The van der Waals surface area contributed by atoms with Crippen LogP contribution in [0.15, 0.2) is 30.3 Å².